The van der Waals surface area contributed by atoms with Crippen molar-refractivity contribution in [2.24, 2.45) is 0 Å². The van der Waals surface area contributed by atoms with Gasteiger partial charge < -0.3 is 24.8 Å². The second-order valence-electron chi connectivity index (χ2n) is 6.71. The van der Waals surface area contributed by atoms with Crippen LogP contribution in [0.15, 0.2) is 47.4 Å². The van der Waals surface area contributed by atoms with Crippen molar-refractivity contribution in [1.29, 1.82) is 0 Å². The number of ether oxygens (including phenoxy) is 2. The van der Waals surface area contributed by atoms with Crippen LogP contribution in [-0.4, -0.2) is 59.9 Å². The van der Waals surface area contributed by atoms with E-state index in [1.54, 1.807) is 37.8 Å². The minimum Gasteiger partial charge on any atom is -0.507 e. The van der Waals surface area contributed by atoms with Crippen LogP contribution in [0.4, 0.5) is 5.69 Å². The maximum Gasteiger partial charge on any atom is 0.343 e. The molecule has 9 nitrogen and oxygen atoms in total. The number of carbonyl (C=O) groups is 4. The van der Waals surface area contributed by atoms with E-state index in [0.29, 0.717) is 16.9 Å². The van der Waals surface area contributed by atoms with Gasteiger partial charge in [-0.25, -0.2) is 9.59 Å². The fourth-order valence-electron chi connectivity index (χ4n) is 2.97. The highest BCUT2D eigenvalue weighted by Crippen LogP contribution is 2.23. The van der Waals surface area contributed by atoms with Crippen LogP contribution in [0.5, 0.6) is 0 Å². The minimum absolute atomic E-state index is 0.00652. The standard InChI is InChI=1S/C22H26N2O7/c1-4-30-21(28)15-6-8-16(9-7-15)23-19(27)12-17(25)13-24-11-10-18(26)20(14(24)3)22(29)31-5-2/h6-10,26H,4-5,11-13H2,1-3H3,(H,23,27). The van der Waals surface area contributed by atoms with E-state index < -0.39 is 17.8 Å². The zero-order chi connectivity index (χ0) is 23.0. The molecule has 31 heavy (non-hydrogen) atoms. The highest BCUT2D eigenvalue weighted by Gasteiger charge is 2.26. The van der Waals surface area contributed by atoms with Crippen LogP contribution in [0.2, 0.25) is 0 Å². The zero-order valence-corrected chi connectivity index (χ0v) is 17.8. The Kier molecular flexibility index (Phi) is 8.36. The first-order valence-corrected chi connectivity index (χ1v) is 9.87. The van der Waals surface area contributed by atoms with Gasteiger partial charge in [0.25, 0.3) is 0 Å². The molecule has 1 amide bonds. The summed E-state index contributed by atoms with van der Waals surface area (Å²) in [6.07, 6.45) is 1.05. The van der Waals surface area contributed by atoms with Crippen molar-refractivity contribution in [3.05, 3.63) is 52.9 Å². The molecule has 1 heterocycles. The smallest absolute Gasteiger partial charge is 0.343 e. The van der Waals surface area contributed by atoms with Gasteiger partial charge in [-0.1, -0.05) is 0 Å². The quantitative estimate of drug-likeness (QED) is 0.452. The number of carbonyl (C=O) groups excluding carboxylic acids is 4. The van der Waals surface area contributed by atoms with E-state index >= 15 is 0 Å². The van der Waals surface area contributed by atoms with Gasteiger partial charge in [-0.3, -0.25) is 9.59 Å². The number of anilines is 1. The molecular formula is C22H26N2O7. The first-order valence-electron chi connectivity index (χ1n) is 9.87. The molecule has 0 unspecified atom stereocenters. The maximum atomic E-state index is 12.4. The number of esters is 2. The number of amides is 1. The van der Waals surface area contributed by atoms with Crippen molar-refractivity contribution in [3.63, 3.8) is 0 Å². The molecule has 9 heteroatoms. The van der Waals surface area contributed by atoms with Crippen LogP contribution in [0, 0.1) is 0 Å². The van der Waals surface area contributed by atoms with E-state index in [1.165, 1.54) is 18.2 Å². The van der Waals surface area contributed by atoms with Crippen LogP contribution in [0.1, 0.15) is 37.6 Å². The number of nitrogens with one attached hydrogen (secondary N) is 1. The molecule has 0 radical (unpaired) electrons. The Balaban J connectivity index is 1.94. The fraction of sp³-hybridized carbons (Fsp3) is 0.364. The lowest BCUT2D eigenvalue weighted by Crippen LogP contribution is -2.35. The van der Waals surface area contributed by atoms with E-state index in [9.17, 15) is 24.3 Å². The predicted octanol–water partition coefficient (Wildman–Crippen LogP) is 2.36. The summed E-state index contributed by atoms with van der Waals surface area (Å²) >= 11 is 0. The Labute approximate surface area is 180 Å². The molecule has 0 fully saturated rings. The summed E-state index contributed by atoms with van der Waals surface area (Å²) in [5.74, 6) is -2.18. The molecule has 1 aromatic carbocycles. The summed E-state index contributed by atoms with van der Waals surface area (Å²) in [4.78, 5) is 49.9. The number of ketones is 1. The monoisotopic (exact) mass is 430 g/mol. The lowest BCUT2D eigenvalue weighted by atomic mass is 10.1. The number of hydrogen-bond acceptors (Lipinski definition) is 8. The van der Waals surface area contributed by atoms with E-state index in [0.717, 1.165) is 0 Å². The van der Waals surface area contributed by atoms with Crippen LogP contribution in [-0.2, 0) is 23.9 Å². The number of rotatable bonds is 9. The Bertz CT molecular complexity index is 916. The van der Waals surface area contributed by atoms with E-state index in [-0.39, 0.29) is 49.8 Å². The van der Waals surface area contributed by atoms with E-state index in [2.05, 4.69) is 5.32 Å². The molecule has 0 aromatic heterocycles. The molecular weight excluding hydrogens is 404 g/mol. The molecule has 2 rings (SSSR count). The molecule has 1 aromatic rings. The molecule has 0 spiro atoms. The van der Waals surface area contributed by atoms with Crippen molar-refractivity contribution in [3.8, 4) is 0 Å². The van der Waals surface area contributed by atoms with Gasteiger partial charge in [0, 0.05) is 17.9 Å². The molecule has 1 aliphatic heterocycles. The summed E-state index contributed by atoms with van der Waals surface area (Å²) in [5.41, 5.74) is 1.21. The minimum atomic E-state index is -0.671. The number of hydrogen-bond donors (Lipinski definition) is 2. The van der Waals surface area contributed by atoms with Crippen molar-refractivity contribution in [2.75, 3.05) is 31.6 Å². The van der Waals surface area contributed by atoms with E-state index in [1.807, 2.05) is 0 Å². The van der Waals surface area contributed by atoms with Crippen LogP contribution >= 0.6 is 0 Å². The number of allylic oxidation sites excluding steroid dienone is 1. The molecule has 2 N–H and O–H groups in total. The van der Waals surface area contributed by atoms with Crippen molar-refractivity contribution < 1.29 is 33.8 Å². The van der Waals surface area contributed by atoms with Crippen molar-refractivity contribution in [1.82, 2.24) is 4.90 Å². The van der Waals surface area contributed by atoms with Crippen LogP contribution in [0.25, 0.3) is 0 Å². The van der Waals surface area contributed by atoms with Gasteiger partial charge in [0.05, 0.1) is 31.7 Å². The second-order valence-corrected chi connectivity index (χ2v) is 6.71. The lowest BCUT2D eigenvalue weighted by molar-refractivity contribution is -0.139. The number of aliphatic hydroxyl groups excluding tert-OH is 1. The summed E-state index contributed by atoms with van der Waals surface area (Å²) in [5, 5.41) is 12.6. The molecule has 0 bridgehead atoms. The Morgan fingerprint density at radius 1 is 1.03 bits per heavy atom. The topological polar surface area (TPSA) is 122 Å². The average Bonchev–Trinajstić information content (AvgIpc) is 2.71. The normalized spacial score (nSPS) is 13.4. The SMILES string of the molecule is CCOC(=O)C1=C(C)N(CC(=O)CC(=O)Nc2ccc(C(=O)OCC)cc2)CC=C1O. The number of benzene rings is 1. The molecule has 0 saturated carbocycles. The van der Waals surface area contributed by atoms with E-state index in [4.69, 9.17) is 9.47 Å². The summed E-state index contributed by atoms with van der Waals surface area (Å²) < 4.78 is 9.84. The Morgan fingerprint density at radius 2 is 1.65 bits per heavy atom. The largest absolute Gasteiger partial charge is 0.507 e. The third-order valence-electron chi connectivity index (χ3n) is 4.48. The number of nitrogens with zero attached hydrogens (tertiary/aromatic N) is 1. The molecule has 0 saturated heterocycles. The van der Waals surface area contributed by atoms with Crippen molar-refractivity contribution >= 4 is 29.3 Å². The van der Waals surface area contributed by atoms with Gasteiger partial charge in [-0.05, 0) is 51.1 Å². The third kappa shape index (κ3) is 6.43. The first kappa shape index (κ1) is 23.7. The summed E-state index contributed by atoms with van der Waals surface area (Å²) in [6.45, 7) is 5.51. The van der Waals surface area contributed by atoms with Gasteiger partial charge in [0.2, 0.25) is 5.91 Å². The lowest BCUT2D eigenvalue weighted by Gasteiger charge is -2.28. The number of Topliss-reactive ketones (excluding diaryl/α,β-unsaturated/α-hetero) is 1. The Hall–Kier alpha value is -3.62. The highest BCUT2D eigenvalue weighted by molar-refractivity contribution is 6.05. The Morgan fingerprint density at radius 3 is 2.26 bits per heavy atom. The van der Waals surface area contributed by atoms with Gasteiger partial charge >= 0.3 is 11.9 Å². The highest BCUT2D eigenvalue weighted by atomic mass is 16.5. The fourth-order valence-corrected chi connectivity index (χ4v) is 2.97. The predicted molar refractivity (Wildman–Crippen MR) is 112 cm³/mol. The van der Waals surface area contributed by atoms with Crippen molar-refractivity contribution in [2.45, 2.75) is 27.2 Å². The summed E-state index contributed by atoms with van der Waals surface area (Å²) in [7, 11) is 0. The molecule has 1 aliphatic rings. The summed E-state index contributed by atoms with van der Waals surface area (Å²) in [6, 6.07) is 6.14. The number of aliphatic hydroxyl groups is 1. The molecule has 0 atom stereocenters. The van der Waals surface area contributed by atoms with Gasteiger partial charge in [0.1, 0.15) is 11.3 Å². The first-order chi connectivity index (χ1) is 14.8. The van der Waals surface area contributed by atoms with Crippen LogP contribution in [0.3, 0.4) is 0 Å². The average molecular weight is 430 g/mol. The van der Waals surface area contributed by atoms with Gasteiger partial charge in [-0.2, -0.15) is 0 Å². The van der Waals surface area contributed by atoms with Gasteiger partial charge in [-0.15, -0.1) is 0 Å². The maximum absolute atomic E-state index is 12.4. The molecule has 0 aliphatic carbocycles. The third-order valence-corrected chi connectivity index (χ3v) is 4.48. The molecule has 166 valence electrons. The zero-order valence-electron chi connectivity index (χ0n) is 17.8. The van der Waals surface area contributed by atoms with Gasteiger partial charge in [0.15, 0.2) is 5.78 Å². The second kappa shape index (κ2) is 11.0. The van der Waals surface area contributed by atoms with Crippen LogP contribution < -0.4 is 5.32 Å².